The number of hydrogen-bond acceptors (Lipinski definition) is 3. The van der Waals surface area contributed by atoms with Crippen molar-refractivity contribution >= 4 is 10.0 Å². The number of benzene rings is 3. The fourth-order valence-corrected chi connectivity index (χ4v) is 4.29. The first kappa shape index (κ1) is 21.2. The third kappa shape index (κ3) is 6.22. The molecular weight excluding hydrogens is 387 g/mol. The van der Waals surface area contributed by atoms with Crippen molar-refractivity contribution in [1.29, 1.82) is 0 Å². The van der Waals surface area contributed by atoms with Crippen molar-refractivity contribution in [2.24, 2.45) is 0 Å². The van der Waals surface area contributed by atoms with Crippen LogP contribution in [-0.2, 0) is 28.9 Å². The smallest absolute Gasteiger partial charge is 0.216 e. The van der Waals surface area contributed by atoms with Gasteiger partial charge >= 0.3 is 0 Å². The lowest BCUT2D eigenvalue weighted by Crippen LogP contribution is -2.25. The molecule has 0 amide bonds. The highest BCUT2D eigenvalue weighted by atomic mass is 32.2. The van der Waals surface area contributed by atoms with Crippen LogP contribution in [0.15, 0.2) is 72.8 Å². The third-order valence-electron chi connectivity index (χ3n) is 4.51. The molecule has 3 rings (SSSR count). The molecule has 4 nitrogen and oxygen atoms in total. The Morgan fingerprint density at radius 3 is 2.31 bits per heavy atom. The summed E-state index contributed by atoms with van der Waals surface area (Å²) in [4.78, 5) is 2.11. The van der Waals surface area contributed by atoms with E-state index in [0.29, 0.717) is 5.56 Å². The Hall–Kier alpha value is -2.54. The van der Waals surface area contributed by atoms with Gasteiger partial charge < -0.3 is 4.90 Å². The number of sulfonamides is 1. The van der Waals surface area contributed by atoms with Crippen LogP contribution in [0.3, 0.4) is 0 Å². The molecule has 0 spiro atoms. The minimum absolute atomic E-state index is 0.174. The highest BCUT2D eigenvalue weighted by Crippen LogP contribution is 2.24. The van der Waals surface area contributed by atoms with E-state index in [4.69, 9.17) is 0 Å². The van der Waals surface area contributed by atoms with Gasteiger partial charge in [-0.2, -0.15) is 0 Å². The molecule has 0 fully saturated rings. The summed E-state index contributed by atoms with van der Waals surface area (Å²) >= 11 is 0. The number of hydrogen-bond donors (Lipinski definition) is 1. The topological polar surface area (TPSA) is 49.4 Å². The zero-order chi connectivity index (χ0) is 20.9. The molecule has 3 aromatic rings. The van der Waals surface area contributed by atoms with Gasteiger partial charge in [0.1, 0.15) is 5.82 Å². The van der Waals surface area contributed by atoms with Crippen molar-refractivity contribution in [3.63, 3.8) is 0 Å². The van der Waals surface area contributed by atoms with Gasteiger partial charge in [-0.25, -0.2) is 17.5 Å². The van der Waals surface area contributed by atoms with E-state index < -0.39 is 15.8 Å². The van der Waals surface area contributed by atoms with Crippen LogP contribution in [0.5, 0.6) is 0 Å². The molecule has 0 bridgehead atoms. The summed E-state index contributed by atoms with van der Waals surface area (Å²) < 4.78 is 40.8. The first-order chi connectivity index (χ1) is 13.8. The van der Waals surface area contributed by atoms with Crippen LogP contribution in [0.2, 0.25) is 0 Å². The van der Waals surface area contributed by atoms with Gasteiger partial charge in [-0.3, -0.25) is 0 Å². The van der Waals surface area contributed by atoms with Crippen LogP contribution in [0, 0.1) is 5.82 Å². The van der Waals surface area contributed by atoms with Gasteiger partial charge in [0, 0.05) is 13.1 Å². The first-order valence-electron chi connectivity index (χ1n) is 9.36. The second-order valence-electron chi connectivity index (χ2n) is 7.30. The van der Waals surface area contributed by atoms with Crippen LogP contribution >= 0.6 is 0 Å². The van der Waals surface area contributed by atoms with E-state index >= 15 is 0 Å². The van der Waals surface area contributed by atoms with E-state index in [1.807, 2.05) is 38.4 Å². The molecular formula is C23H25FN2O2S. The van der Waals surface area contributed by atoms with Crippen molar-refractivity contribution in [1.82, 2.24) is 9.62 Å². The maximum absolute atomic E-state index is 13.3. The Bertz CT molecular complexity index is 1060. The predicted octanol–water partition coefficient (Wildman–Crippen LogP) is 4.17. The first-order valence-corrected chi connectivity index (χ1v) is 11.0. The molecule has 1 N–H and O–H groups in total. The Morgan fingerprint density at radius 1 is 0.897 bits per heavy atom. The van der Waals surface area contributed by atoms with Gasteiger partial charge in [-0.15, -0.1) is 0 Å². The number of halogens is 1. The van der Waals surface area contributed by atoms with Gasteiger partial charge in [0.25, 0.3) is 0 Å². The standard InChI is InChI=1S/C23H25FN2O2S/c1-26(2)16-18-10-12-20(13-11-18)23-9-4-3-7-21(23)15-25-29(27,28)17-19-6-5-8-22(24)14-19/h3-14,25H,15-17H2,1-2H3. The maximum atomic E-state index is 13.3. The van der Waals surface area contributed by atoms with Crippen molar-refractivity contribution in [2.75, 3.05) is 14.1 Å². The molecule has 0 atom stereocenters. The molecule has 0 aliphatic carbocycles. The maximum Gasteiger partial charge on any atom is 0.216 e. The normalized spacial score (nSPS) is 11.7. The lowest BCUT2D eigenvalue weighted by Gasteiger charge is -2.13. The van der Waals surface area contributed by atoms with Gasteiger partial charge in [0.05, 0.1) is 5.75 Å². The molecule has 0 unspecified atom stereocenters. The van der Waals surface area contributed by atoms with E-state index in [1.54, 1.807) is 6.07 Å². The van der Waals surface area contributed by atoms with Crippen LogP contribution < -0.4 is 4.72 Å². The van der Waals surface area contributed by atoms with Gasteiger partial charge in [-0.05, 0) is 54.0 Å². The number of rotatable bonds is 8. The number of nitrogens with zero attached hydrogens (tertiary/aromatic N) is 1. The molecule has 0 aliphatic heterocycles. The molecule has 0 heterocycles. The second-order valence-corrected chi connectivity index (χ2v) is 9.11. The van der Waals surface area contributed by atoms with Crippen molar-refractivity contribution in [3.8, 4) is 11.1 Å². The van der Waals surface area contributed by atoms with E-state index in [1.165, 1.54) is 23.8 Å². The molecule has 3 aromatic carbocycles. The highest BCUT2D eigenvalue weighted by Gasteiger charge is 2.13. The summed E-state index contributed by atoms with van der Waals surface area (Å²) in [5, 5.41) is 0. The Morgan fingerprint density at radius 2 is 1.62 bits per heavy atom. The summed E-state index contributed by atoms with van der Waals surface area (Å²) in [6, 6.07) is 21.6. The predicted molar refractivity (Wildman–Crippen MR) is 115 cm³/mol. The molecule has 0 aliphatic rings. The molecule has 0 radical (unpaired) electrons. The second kappa shape index (κ2) is 9.31. The molecule has 6 heteroatoms. The monoisotopic (exact) mass is 412 g/mol. The summed E-state index contributed by atoms with van der Waals surface area (Å²) in [5.41, 5.74) is 4.54. The Balaban J connectivity index is 1.73. The van der Waals surface area contributed by atoms with E-state index in [2.05, 4.69) is 33.9 Å². The van der Waals surface area contributed by atoms with E-state index in [-0.39, 0.29) is 12.3 Å². The molecule has 152 valence electrons. The van der Waals surface area contributed by atoms with Crippen molar-refractivity contribution in [2.45, 2.75) is 18.8 Å². The van der Waals surface area contributed by atoms with Gasteiger partial charge in [0.15, 0.2) is 0 Å². The highest BCUT2D eigenvalue weighted by molar-refractivity contribution is 7.88. The number of nitrogens with one attached hydrogen (secondary N) is 1. The lowest BCUT2D eigenvalue weighted by atomic mass is 9.99. The van der Waals surface area contributed by atoms with Crippen molar-refractivity contribution in [3.05, 3.63) is 95.3 Å². The Kier molecular flexibility index (Phi) is 6.79. The quantitative estimate of drug-likeness (QED) is 0.604. The Labute approximate surface area is 172 Å². The summed E-state index contributed by atoms with van der Waals surface area (Å²) in [6.45, 7) is 1.04. The SMILES string of the molecule is CN(C)Cc1ccc(-c2ccccc2CNS(=O)(=O)Cc2cccc(F)c2)cc1. The zero-order valence-corrected chi connectivity index (χ0v) is 17.4. The third-order valence-corrected chi connectivity index (χ3v) is 5.81. The lowest BCUT2D eigenvalue weighted by molar-refractivity contribution is 0.402. The zero-order valence-electron chi connectivity index (χ0n) is 16.6. The summed E-state index contributed by atoms with van der Waals surface area (Å²) in [5.74, 6) is -0.702. The minimum atomic E-state index is -3.59. The molecule has 0 saturated carbocycles. The van der Waals surface area contributed by atoms with Crippen LogP contribution in [0.1, 0.15) is 16.7 Å². The molecule has 0 saturated heterocycles. The van der Waals surface area contributed by atoms with Crippen LogP contribution in [-0.4, -0.2) is 27.4 Å². The van der Waals surface area contributed by atoms with Crippen LogP contribution in [0.4, 0.5) is 4.39 Å². The summed E-state index contributed by atoms with van der Waals surface area (Å²) in [7, 11) is 0.463. The fraction of sp³-hybridized carbons (Fsp3) is 0.217. The minimum Gasteiger partial charge on any atom is -0.305 e. The van der Waals surface area contributed by atoms with E-state index in [0.717, 1.165) is 23.2 Å². The molecule has 29 heavy (non-hydrogen) atoms. The van der Waals surface area contributed by atoms with Gasteiger partial charge in [0.2, 0.25) is 10.0 Å². The van der Waals surface area contributed by atoms with Crippen molar-refractivity contribution < 1.29 is 12.8 Å². The largest absolute Gasteiger partial charge is 0.305 e. The average molecular weight is 413 g/mol. The van der Waals surface area contributed by atoms with Gasteiger partial charge in [-0.1, -0.05) is 60.7 Å². The molecule has 0 aromatic heterocycles. The van der Waals surface area contributed by atoms with E-state index in [9.17, 15) is 12.8 Å². The fourth-order valence-electron chi connectivity index (χ4n) is 3.20. The average Bonchev–Trinajstić information content (AvgIpc) is 2.67. The van der Waals surface area contributed by atoms with Crippen LogP contribution in [0.25, 0.3) is 11.1 Å². The summed E-state index contributed by atoms with van der Waals surface area (Å²) in [6.07, 6.45) is 0.